The Morgan fingerprint density at radius 3 is 2.59 bits per heavy atom. The van der Waals surface area contributed by atoms with Crippen molar-refractivity contribution in [1.29, 1.82) is 0 Å². The van der Waals surface area contributed by atoms with Gasteiger partial charge in [-0.25, -0.2) is 4.79 Å². The Labute approximate surface area is 110 Å². The fourth-order valence-corrected chi connectivity index (χ4v) is 1.56. The van der Waals surface area contributed by atoms with Crippen LogP contribution in [0, 0.1) is 0 Å². The Balaban J connectivity index is 2.35. The van der Waals surface area contributed by atoms with E-state index in [-0.39, 0.29) is 18.7 Å². The number of aliphatic hydroxyl groups excluding tert-OH is 1. The van der Waals surface area contributed by atoms with Crippen molar-refractivity contribution in [3.05, 3.63) is 34.3 Å². The van der Waals surface area contributed by atoms with Crippen molar-refractivity contribution in [2.24, 2.45) is 0 Å². The third kappa shape index (κ3) is 5.19. The van der Waals surface area contributed by atoms with E-state index in [1.165, 1.54) is 0 Å². The molecule has 0 aliphatic carbocycles. The number of urea groups is 1. The standard InChI is InChI=1S/C12H17BrN2O2/c1-2-11(8-16)15-12(17)14-7-9-3-5-10(13)6-4-9/h3-6,11,16H,2,7-8H2,1H3,(H2,14,15,17). The molecule has 0 heterocycles. The molecule has 0 bridgehead atoms. The third-order valence-corrected chi connectivity index (χ3v) is 2.94. The van der Waals surface area contributed by atoms with Gasteiger partial charge < -0.3 is 15.7 Å². The summed E-state index contributed by atoms with van der Waals surface area (Å²) >= 11 is 3.35. The Hall–Kier alpha value is -1.07. The third-order valence-electron chi connectivity index (χ3n) is 2.41. The summed E-state index contributed by atoms with van der Waals surface area (Å²) in [6.07, 6.45) is 0.711. The number of benzene rings is 1. The minimum atomic E-state index is -0.256. The summed E-state index contributed by atoms with van der Waals surface area (Å²) in [6.45, 7) is 2.35. The molecule has 0 aromatic heterocycles. The lowest BCUT2D eigenvalue weighted by Crippen LogP contribution is -2.43. The van der Waals surface area contributed by atoms with E-state index in [1.807, 2.05) is 31.2 Å². The van der Waals surface area contributed by atoms with E-state index in [4.69, 9.17) is 5.11 Å². The molecule has 0 spiro atoms. The van der Waals surface area contributed by atoms with E-state index in [0.717, 1.165) is 10.0 Å². The highest BCUT2D eigenvalue weighted by Gasteiger charge is 2.07. The number of halogens is 1. The summed E-state index contributed by atoms with van der Waals surface area (Å²) in [5, 5.41) is 14.4. The van der Waals surface area contributed by atoms with Crippen molar-refractivity contribution in [2.75, 3.05) is 6.61 Å². The lowest BCUT2D eigenvalue weighted by molar-refractivity contribution is 0.214. The van der Waals surface area contributed by atoms with Crippen LogP contribution in [0.1, 0.15) is 18.9 Å². The highest BCUT2D eigenvalue weighted by atomic mass is 79.9. The van der Waals surface area contributed by atoms with E-state index >= 15 is 0 Å². The van der Waals surface area contributed by atoms with Crippen LogP contribution in [-0.2, 0) is 6.54 Å². The molecule has 2 amide bonds. The van der Waals surface area contributed by atoms with Gasteiger partial charge in [-0.1, -0.05) is 35.0 Å². The Morgan fingerprint density at radius 2 is 2.06 bits per heavy atom. The Morgan fingerprint density at radius 1 is 1.41 bits per heavy atom. The van der Waals surface area contributed by atoms with E-state index in [9.17, 15) is 4.79 Å². The van der Waals surface area contributed by atoms with Gasteiger partial charge >= 0.3 is 6.03 Å². The largest absolute Gasteiger partial charge is 0.394 e. The van der Waals surface area contributed by atoms with Gasteiger partial charge in [-0.2, -0.15) is 0 Å². The quantitative estimate of drug-likeness (QED) is 0.779. The van der Waals surface area contributed by atoms with Crippen LogP contribution in [0.25, 0.3) is 0 Å². The maximum atomic E-state index is 11.5. The van der Waals surface area contributed by atoms with Crippen LogP contribution in [0.15, 0.2) is 28.7 Å². The van der Waals surface area contributed by atoms with Crippen molar-refractivity contribution in [3.8, 4) is 0 Å². The second kappa shape index (κ2) is 7.29. The van der Waals surface area contributed by atoms with Crippen molar-refractivity contribution < 1.29 is 9.90 Å². The summed E-state index contributed by atoms with van der Waals surface area (Å²) in [5.41, 5.74) is 1.03. The van der Waals surface area contributed by atoms with E-state index < -0.39 is 0 Å². The van der Waals surface area contributed by atoms with Gasteiger partial charge in [0.25, 0.3) is 0 Å². The highest BCUT2D eigenvalue weighted by Crippen LogP contribution is 2.10. The number of nitrogens with one attached hydrogen (secondary N) is 2. The van der Waals surface area contributed by atoms with Gasteiger partial charge in [0.1, 0.15) is 0 Å². The molecular formula is C12H17BrN2O2. The minimum Gasteiger partial charge on any atom is -0.394 e. The predicted octanol–water partition coefficient (Wildman–Crippen LogP) is 2.02. The molecule has 17 heavy (non-hydrogen) atoms. The maximum Gasteiger partial charge on any atom is 0.315 e. The van der Waals surface area contributed by atoms with E-state index in [1.54, 1.807) is 0 Å². The number of hydrogen-bond acceptors (Lipinski definition) is 2. The average molecular weight is 301 g/mol. The summed E-state index contributed by atoms with van der Waals surface area (Å²) in [5.74, 6) is 0. The molecule has 0 aliphatic heterocycles. The van der Waals surface area contributed by atoms with Gasteiger partial charge in [0.2, 0.25) is 0 Å². The predicted molar refractivity (Wildman–Crippen MR) is 70.7 cm³/mol. The second-order valence-corrected chi connectivity index (χ2v) is 4.66. The summed E-state index contributed by atoms with van der Waals surface area (Å²) in [7, 11) is 0. The molecule has 5 heteroatoms. The highest BCUT2D eigenvalue weighted by molar-refractivity contribution is 9.10. The molecule has 3 N–H and O–H groups in total. The first kappa shape index (κ1) is 14.0. The number of amides is 2. The lowest BCUT2D eigenvalue weighted by atomic mass is 10.2. The molecule has 1 aromatic carbocycles. The Kier molecular flexibility index (Phi) is 6.00. The van der Waals surface area contributed by atoms with Gasteiger partial charge in [-0.3, -0.25) is 0 Å². The fraction of sp³-hybridized carbons (Fsp3) is 0.417. The van der Waals surface area contributed by atoms with Gasteiger partial charge in [-0.15, -0.1) is 0 Å². The molecular weight excluding hydrogens is 284 g/mol. The molecule has 0 fully saturated rings. The Bertz CT molecular complexity index is 350. The summed E-state index contributed by atoms with van der Waals surface area (Å²) in [6, 6.07) is 7.30. The minimum absolute atomic E-state index is 0.0395. The first-order valence-electron chi connectivity index (χ1n) is 5.55. The van der Waals surface area contributed by atoms with Crippen LogP contribution >= 0.6 is 15.9 Å². The topological polar surface area (TPSA) is 61.4 Å². The molecule has 0 radical (unpaired) electrons. The molecule has 1 atom stereocenters. The van der Waals surface area contributed by atoms with Crippen LogP contribution in [0.2, 0.25) is 0 Å². The van der Waals surface area contributed by atoms with Crippen LogP contribution in [0.3, 0.4) is 0 Å². The van der Waals surface area contributed by atoms with Crippen LogP contribution in [-0.4, -0.2) is 23.8 Å². The fourth-order valence-electron chi connectivity index (χ4n) is 1.30. The zero-order chi connectivity index (χ0) is 12.7. The second-order valence-electron chi connectivity index (χ2n) is 3.74. The van der Waals surface area contributed by atoms with Crippen LogP contribution < -0.4 is 10.6 Å². The molecule has 0 aliphatic rings. The number of carbonyl (C=O) groups excluding carboxylic acids is 1. The maximum absolute atomic E-state index is 11.5. The number of rotatable bonds is 5. The number of hydrogen-bond donors (Lipinski definition) is 3. The molecule has 94 valence electrons. The first-order valence-corrected chi connectivity index (χ1v) is 6.34. The molecule has 0 saturated heterocycles. The van der Waals surface area contributed by atoms with Crippen LogP contribution in [0.4, 0.5) is 4.79 Å². The molecule has 1 rings (SSSR count). The first-order chi connectivity index (χ1) is 8.15. The lowest BCUT2D eigenvalue weighted by Gasteiger charge is -2.14. The van der Waals surface area contributed by atoms with Gasteiger partial charge in [-0.05, 0) is 24.1 Å². The average Bonchev–Trinajstić information content (AvgIpc) is 2.35. The molecule has 0 saturated carbocycles. The van der Waals surface area contributed by atoms with Crippen molar-refractivity contribution in [3.63, 3.8) is 0 Å². The smallest absolute Gasteiger partial charge is 0.315 e. The molecule has 4 nitrogen and oxygen atoms in total. The van der Waals surface area contributed by atoms with E-state index in [2.05, 4.69) is 26.6 Å². The number of carbonyl (C=O) groups is 1. The molecule has 1 aromatic rings. The summed E-state index contributed by atoms with van der Waals surface area (Å²) in [4.78, 5) is 11.5. The van der Waals surface area contributed by atoms with Crippen molar-refractivity contribution >= 4 is 22.0 Å². The summed E-state index contributed by atoms with van der Waals surface area (Å²) < 4.78 is 1.01. The SMILES string of the molecule is CCC(CO)NC(=O)NCc1ccc(Br)cc1. The van der Waals surface area contributed by atoms with Gasteiger partial charge in [0.15, 0.2) is 0 Å². The van der Waals surface area contributed by atoms with Gasteiger partial charge in [0, 0.05) is 11.0 Å². The zero-order valence-corrected chi connectivity index (χ0v) is 11.3. The monoisotopic (exact) mass is 300 g/mol. The zero-order valence-electron chi connectivity index (χ0n) is 9.74. The molecule has 1 unspecified atom stereocenters. The van der Waals surface area contributed by atoms with Crippen molar-refractivity contribution in [1.82, 2.24) is 10.6 Å². The van der Waals surface area contributed by atoms with E-state index in [0.29, 0.717) is 13.0 Å². The van der Waals surface area contributed by atoms with Crippen molar-refractivity contribution in [2.45, 2.75) is 25.9 Å². The number of aliphatic hydroxyl groups is 1. The van der Waals surface area contributed by atoms with Gasteiger partial charge in [0.05, 0.1) is 12.6 Å². The normalized spacial score (nSPS) is 11.9. The van der Waals surface area contributed by atoms with Crippen LogP contribution in [0.5, 0.6) is 0 Å².